The number of rotatable bonds is 2. The van der Waals surface area contributed by atoms with Gasteiger partial charge in [0, 0.05) is 0 Å². The van der Waals surface area contributed by atoms with Crippen LogP contribution in [0.3, 0.4) is 0 Å². The van der Waals surface area contributed by atoms with Gasteiger partial charge in [0.25, 0.3) is 0 Å². The first-order valence-electron chi connectivity index (χ1n) is 6.02. The molecule has 3 nitrogen and oxygen atoms in total. The van der Waals surface area contributed by atoms with E-state index in [1.165, 1.54) is 31.4 Å². The van der Waals surface area contributed by atoms with Crippen LogP contribution >= 0.6 is 11.6 Å². The third-order valence-electron chi connectivity index (χ3n) is 2.95. The molecule has 0 amide bonds. The van der Waals surface area contributed by atoms with Crippen molar-refractivity contribution in [2.45, 2.75) is 6.18 Å². The Morgan fingerprint density at radius 1 is 1.14 bits per heavy atom. The number of methoxy groups -OCH3 is 1. The maximum atomic E-state index is 12.8. The summed E-state index contributed by atoms with van der Waals surface area (Å²) >= 11 is 5.86. The van der Waals surface area contributed by atoms with Gasteiger partial charge in [0.05, 0.1) is 23.3 Å². The molecule has 0 aliphatic rings. The van der Waals surface area contributed by atoms with E-state index in [-0.39, 0.29) is 16.1 Å². The van der Waals surface area contributed by atoms with E-state index in [0.717, 1.165) is 6.07 Å². The van der Waals surface area contributed by atoms with Crippen molar-refractivity contribution in [3.8, 4) is 16.9 Å². The highest BCUT2D eigenvalue weighted by Crippen LogP contribution is 2.36. The molecule has 116 valence electrons. The van der Waals surface area contributed by atoms with E-state index in [1.807, 2.05) is 0 Å². The smallest absolute Gasteiger partial charge is 0.416 e. The van der Waals surface area contributed by atoms with Gasteiger partial charge < -0.3 is 9.84 Å². The number of phenols is 1. The topological polar surface area (TPSA) is 46.5 Å². The Morgan fingerprint density at radius 3 is 2.41 bits per heavy atom. The van der Waals surface area contributed by atoms with Gasteiger partial charge in [-0.05, 0) is 41.5 Å². The number of phenolic OH excluding ortho intramolecular Hbond substituents is 1. The fraction of sp³-hybridized carbons (Fsp3) is 0.133. The van der Waals surface area contributed by atoms with Gasteiger partial charge in [-0.25, -0.2) is 4.79 Å². The zero-order chi connectivity index (χ0) is 16.5. The summed E-state index contributed by atoms with van der Waals surface area (Å²) < 4.78 is 42.9. The molecule has 0 fully saturated rings. The van der Waals surface area contributed by atoms with Crippen LogP contribution in [0.25, 0.3) is 11.1 Å². The number of aromatic hydroxyl groups is 1. The Bertz CT molecular complexity index is 726. The predicted octanol–water partition coefficient (Wildman–Crippen LogP) is 4.52. The lowest BCUT2D eigenvalue weighted by Gasteiger charge is -2.11. The first-order valence-corrected chi connectivity index (χ1v) is 6.39. The molecule has 0 radical (unpaired) electrons. The maximum absolute atomic E-state index is 12.8. The lowest BCUT2D eigenvalue weighted by molar-refractivity contribution is -0.137. The van der Waals surface area contributed by atoms with E-state index in [9.17, 15) is 23.1 Å². The molecule has 1 N–H and O–H groups in total. The quantitative estimate of drug-likeness (QED) is 0.824. The number of ether oxygens (including phenoxy) is 1. The number of alkyl halides is 3. The second kappa shape index (κ2) is 5.88. The van der Waals surface area contributed by atoms with E-state index in [4.69, 9.17) is 11.6 Å². The second-order valence-corrected chi connectivity index (χ2v) is 4.86. The molecular formula is C15H10ClF3O3. The standard InChI is InChI=1S/C15H10ClF3O3/c1-22-14(21)12-6-8(2-3-13(12)16)9-4-10(15(17,18)19)7-11(20)5-9/h2-7,20H,1H3. The van der Waals surface area contributed by atoms with Gasteiger partial charge in [0.15, 0.2) is 0 Å². The van der Waals surface area contributed by atoms with Crippen LogP contribution in [0.2, 0.25) is 5.02 Å². The number of carbonyl (C=O) groups is 1. The third kappa shape index (κ3) is 3.33. The molecule has 0 saturated heterocycles. The van der Waals surface area contributed by atoms with E-state index >= 15 is 0 Å². The monoisotopic (exact) mass is 330 g/mol. The first-order chi connectivity index (χ1) is 10.2. The van der Waals surface area contributed by atoms with E-state index < -0.39 is 23.5 Å². The Morgan fingerprint density at radius 2 is 1.82 bits per heavy atom. The van der Waals surface area contributed by atoms with Gasteiger partial charge >= 0.3 is 12.1 Å². The Hall–Kier alpha value is -2.21. The van der Waals surface area contributed by atoms with E-state index in [1.54, 1.807) is 0 Å². The van der Waals surface area contributed by atoms with Crippen molar-refractivity contribution in [2.24, 2.45) is 0 Å². The number of hydrogen-bond acceptors (Lipinski definition) is 3. The minimum Gasteiger partial charge on any atom is -0.508 e. The Balaban J connectivity index is 2.57. The number of esters is 1. The summed E-state index contributed by atoms with van der Waals surface area (Å²) in [6.45, 7) is 0. The molecule has 0 aliphatic carbocycles. The van der Waals surface area contributed by atoms with E-state index in [0.29, 0.717) is 11.6 Å². The van der Waals surface area contributed by atoms with Crippen molar-refractivity contribution in [3.05, 3.63) is 52.5 Å². The number of halogens is 4. The van der Waals surface area contributed by atoms with Crippen molar-refractivity contribution in [1.29, 1.82) is 0 Å². The Labute approximate surface area is 128 Å². The average Bonchev–Trinajstić information content (AvgIpc) is 2.45. The van der Waals surface area contributed by atoms with Crippen LogP contribution in [0.15, 0.2) is 36.4 Å². The molecule has 2 rings (SSSR count). The zero-order valence-electron chi connectivity index (χ0n) is 11.2. The minimum absolute atomic E-state index is 0.0265. The fourth-order valence-electron chi connectivity index (χ4n) is 1.91. The number of benzene rings is 2. The number of carbonyl (C=O) groups excluding carboxylic acids is 1. The minimum atomic E-state index is -4.59. The number of hydrogen-bond donors (Lipinski definition) is 1. The molecule has 0 aromatic heterocycles. The van der Waals surface area contributed by atoms with Crippen molar-refractivity contribution in [2.75, 3.05) is 7.11 Å². The molecule has 2 aromatic rings. The molecule has 0 heterocycles. The molecule has 0 atom stereocenters. The van der Waals surface area contributed by atoms with Crippen LogP contribution < -0.4 is 0 Å². The van der Waals surface area contributed by atoms with Gasteiger partial charge in [-0.3, -0.25) is 0 Å². The van der Waals surface area contributed by atoms with Gasteiger partial charge in [-0.1, -0.05) is 17.7 Å². The average molecular weight is 331 g/mol. The van der Waals surface area contributed by atoms with Crippen LogP contribution in [0.4, 0.5) is 13.2 Å². The van der Waals surface area contributed by atoms with Gasteiger partial charge in [-0.15, -0.1) is 0 Å². The SMILES string of the molecule is COC(=O)c1cc(-c2cc(O)cc(C(F)(F)F)c2)ccc1Cl. The van der Waals surface area contributed by atoms with Gasteiger partial charge in [0.2, 0.25) is 0 Å². The van der Waals surface area contributed by atoms with Crippen LogP contribution in [-0.4, -0.2) is 18.2 Å². The second-order valence-electron chi connectivity index (χ2n) is 4.45. The Kier molecular flexibility index (Phi) is 4.32. The van der Waals surface area contributed by atoms with Crippen LogP contribution in [0.5, 0.6) is 5.75 Å². The van der Waals surface area contributed by atoms with Crippen molar-refractivity contribution >= 4 is 17.6 Å². The highest BCUT2D eigenvalue weighted by atomic mass is 35.5. The first kappa shape index (κ1) is 16.2. The van der Waals surface area contributed by atoms with E-state index in [2.05, 4.69) is 4.74 Å². The fourth-order valence-corrected chi connectivity index (χ4v) is 2.11. The lowest BCUT2D eigenvalue weighted by atomic mass is 10.0. The van der Waals surface area contributed by atoms with Crippen molar-refractivity contribution in [3.63, 3.8) is 0 Å². The zero-order valence-corrected chi connectivity index (χ0v) is 12.0. The summed E-state index contributed by atoms with van der Waals surface area (Å²) in [4.78, 5) is 11.6. The summed E-state index contributed by atoms with van der Waals surface area (Å²) in [7, 11) is 1.17. The van der Waals surface area contributed by atoms with Crippen molar-refractivity contribution < 1.29 is 27.8 Å². The summed E-state index contributed by atoms with van der Waals surface area (Å²) in [5, 5.41) is 9.60. The summed E-state index contributed by atoms with van der Waals surface area (Å²) in [5.41, 5.74) is -0.559. The molecule has 0 unspecified atom stereocenters. The van der Waals surface area contributed by atoms with Crippen LogP contribution in [0.1, 0.15) is 15.9 Å². The molecule has 0 saturated carbocycles. The summed E-state index contributed by atoms with van der Waals surface area (Å²) in [6, 6.07) is 6.80. The van der Waals surface area contributed by atoms with Crippen molar-refractivity contribution in [1.82, 2.24) is 0 Å². The molecule has 0 bridgehead atoms. The van der Waals surface area contributed by atoms with Gasteiger partial charge in [0.1, 0.15) is 5.75 Å². The van der Waals surface area contributed by atoms with Crippen LogP contribution in [-0.2, 0) is 10.9 Å². The molecule has 2 aromatic carbocycles. The highest BCUT2D eigenvalue weighted by molar-refractivity contribution is 6.33. The molecule has 0 spiro atoms. The summed E-state index contributed by atoms with van der Waals surface area (Å²) in [6.07, 6.45) is -4.59. The lowest BCUT2D eigenvalue weighted by Crippen LogP contribution is -2.05. The molecule has 0 aliphatic heterocycles. The maximum Gasteiger partial charge on any atom is 0.416 e. The highest BCUT2D eigenvalue weighted by Gasteiger charge is 2.31. The molecule has 22 heavy (non-hydrogen) atoms. The summed E-state index contributed by atoms with van der Waals surface area (Å²) in [5.74, 6) is -1.23. The third-order valence-corrected chi connectivity index (χ3v) is 3.28. The normalized spacial score (nSPS) is 11.3. The van der Waals surface area contributed by atoms with Crippen LogP contribution in [0, 0.1) is 0 Å². The predicted molar refractivity (Wildman–Crippen MR) is 74.9 cm³/mol. The largest absolute Gasteiger partial charge is 0.508 e. The molecular weight excluding hydrogens is 321 g/mol. The van der Waals surface area contributed by atoms with Gasteiger partial charge in [-0.2, -0.15) is 13.2 Å². The molecule has 7 heteroatoms.